The molecule has 0 heterocycles. The average molecular weight is 481 g/mol. The molecular formula is C34H40O2. The van der Waals surface area contributed by atoms with Crippen molar-refractivity contribution in [3.8, 4) is 5.75 Å². The summed E-state index contributed by atoms with van der Waals surface area (Å²) in [6.07, 6.45) is 6.55. The monoisotopic (exact) mass is 480 g/mol. The maximum atomic E-state index is 6.67. The molecule has 2 heteroatoms. The predicted molar refractivity (Wildman–Crippen MR) is 146 cm³/mol. The zero-order chi connectivity index (χ0) is 24.8. The molecule has 0 aromatic heterocycles. The molecule has 3 aromatic rings. The van der Waals surface area contributed by atoms with Crippen LogP contribution in [-0.2, 0) is 24.4 Å². The van der Waals surface area contributed by atoms with E-state index in [4.69, 9.17) is 9.47 Å². The number of ether oxygens (including phenoxy) is 2. The zero-order valence-corrected chi connectivity index (χ0v) is 22.1. The Hall–Kier alpha value is -2.58. The summed E-state index contributed by atoms with van der Waals surface area (Å²) in [6.45, 7) is 8.95. The molecule has 2 saturated carbocycles. The van der Waals surface area contributed by atoms with E-state index in [1.54, 1.807) is 5.56 Å². The Morgan fingerprint density at radius 3 is 2.19 bits per heavy atom. The molecule has 6 rings (SSSR count). The second-order valence-corrected chi connectivity index (χ2v) is 12.5. The average Bonchev–Trinajstić information content (AvgIpc) is 3.21. The van der Waals surface area contributed by atoms with Crippen molar-refractivity contribution in [1.29, 1.82) is 0 Å². The third-order valence-corrected chi connectivity index (χ3v) is 9.68. The zero-order valence-electron chi connectivity index (χ0n) is 22.1. The van der Waals surface area contributed by atoms with E-state index in [9.17, 15) is 0 Å². The van der Waals surface area contributed by atoms with Crippen LogP contribution in [0.3, 0.4) is 0 Å². The summed E-state index contributed by atoms with van der Waals surface area (Å²) in [5.41, 5.74) is 6.10. The molecule has 0 saturated heterocycles. The minimum atomic E-state index is 0.246. The van der Waals surface area contributed by atoms with Crippen LogP contribution in [0.2, 0.25) is 0 Å². The van der Waals surface area contributed by atoms with Crippen molar-refractivity contribution in [2.24, 2.45) is 22.7 Å². The molecule has 0 spiro atoms. The summed E-state index contributed by atoms with van der Waals surface area (Å²) >= 11 is 0. The van der Waals surface area contributed by atoms with Gasteiger partial charge in [0, 0.05) is 0 Å². The Kier molecular flexibility index (Phi) is 6.20. The Morgan fingerprint density at radius 1 is 0.778 bits per heavy atom. The quantitative estimate of drug-likeness (QED) is 0.353. The molecule has 0 N–H and O–H groups in total. The minimum absolute atomic E-state index is 0.246. The normalized spacial score (nSPS) is 30.2. The molecule has 0 radical (unpaired) electrons. The van der Waals surface area contributed by atoms with Gasteiger partial charge in [-0.25, -0.2) is 0 Å². The van der Waals surface area contributed by atoms with Gasteiger partial charge in [-0.05, 0) is 95.1 Å². The largest absolute Gasteiger partial charge is 0.489 e. The van der Waals surface area contributed by atoms with Gasteiger partial charge in [-0.15, -0.1) is 0 Å². The van der Waals surface area contributed by atoms with Crippen LogP contribution in [0.15, 0.2) is 78.9 Å². The Bertz CT molecular complexity index is 1180. The number of rotatable bonds is 6. The van der Waals surface area contributed by atoms with Crippen LogP contribution in [0.1, 0.15) is 74.6 Å². The van der Waals surface area contributed by atoms with Gasteiger partial charge < -0.3 is 9.47 Å². The van der Waals surface area contributed by atoms with Crippen LogP contribution >= 0.6 is 0 Å². The van der Waals surface area contributed by atoms with Crippen molar-refractivity contribution in [3.05, 3.63) is 101 Å². The summed E-state index contributed by atoms with van der Waals surface area (Å²) < 4.78 is 12.9. The van der Waals surface area contributed by atoms with Crippen LogP contribution in [0.25, 0.3) is 0 Å². The predicted octanol–water partition coefficient (Wildman–Crippen LogP) is 8.34. The maximum absolute atomic E-state index is 6.67. The van der Waals surface area contributed by atoms with E-state index in [2.05, 4.69) is 99.6 Å². The van der Waals surface area contributed by atoms with Gasteiger partial charge in [0.05, 0.1) is 12.7 Å². The first-order valence-electron chi connectivity index (χ1n) is 13.9. The lowest BCUT2D eigenvalue weighted by molar-refractivity contribution is -0.106. The third-order valence-electron chi connectivity index (χ3n) is 9.68. The van der Waals surface area contributed by atoms with Gasteiger partial charge in [-0.3, -0.25) is 0 Å². The lowest BCUT2D eigenvalue weighted by atomic mass is 9.47. The third kappa shape index (κ3) is 4.28. The number of fused-ring (bicyclic) bond motifs is 5. The molecule has 3 aliphatic rings. The highest BCUT2D eigenvalue weighted by molar-refractivity contribution is 5.42. The molecular weight excluding hydrogens is 440 g/mol. The standard InChI is InChI=1S/C34H40O2/c1-33(2)23-34(3)30(18-19-31(34)36-22-25-12-8-5-9-13-25)29-16-14-26-20-27(15-17-28(26)32(29)33)35-21-24-10-6-4-7-11-24/h4-13,15,17,20,29-32H,14,16,18-19,21-23H2,1-3H3/t29?,30?,31-,32?,34-/m0/s1. The van der Waals surface area contributed by atoms with Crippen LogP contribution in [0.4, 0.5) is 0 Å². The highest BCUT2D eigenvalue weighted by atomic mass is 16.5. The topological polar surface area (TPSA) is 18.5 Å². The van der Waals surface area contributed by atoms with E-state index in [0.717, 1.165) is 30.6 Å². The van der Waals surface area contributed by atoms with Gasteiger partial charge in [-0.2, -0.15) is 0 Å². The van der Waals surface area contributed by atoms with Crippen molar-refractivity contribution in [2.45, 2.75) is 78.1 Å². The minimum Gasteiger partial charge on any atom is -0.489 e. The van der Waals surface area contributed by atoms with Crippen LogP contribution < -0.4 is 4.74 Å². The molecule has 188 valence electrons. The summed E-state index contributed by atoms with van der Waals surface area (Å²) in [4.78, 5) is 0. The van der Waals surface area contributed by atoms with E-state index < -0.39 is 0 Å². The van der Waals surface area contributed by atoms with Crippen molar-refractivity contribution in [3.63, 3.8) is 0 Å². The molecule has 3 aliphatic carbocycles. The molecule has 2 nitrogen and oxygen atoms in total. The molecule has 0 amide bonds. The number of hydrogen-bond donors (Lipinski definition) is 0. The first-order chi connectivity index (χ1) is 17.4. The highest BCUT2D eigenvalue weighted by Crippen LogP contribution is 2.67. The van der Waals surface area contributed by atoms with E-state index in [1.165, 1.54) is 42.4 Å². The fourth-order valence-electron chi connectivity index (χ4n) is 8.40. The van der Waals surface area contributed by atoms with Gasteiger partial charge in [0.2, 0.25) is 0 Å². The van der Waals surface area contributed by atoms with Crippen LogP contribution in [-0.4, -0.2) is 6.10 Å². The van der Waals surface area contributed by atoms with Gasteiger partial charge in [0.25, 0.3) is 0 Å². The van der Waals surface area contributed by atoms with E-state index in [0.29, 0.717) is 18.6 Å². The Balaban J connectivity index is 1.21. The molecule has 5 atom stereocenters. The first kappa shape index (κ1) is 23.8. The number of benzene rings is 3. The lowest BCUT2D eigenvalue weighted by Crippen LogP contribution is -2.51. The maximum Gasteiger partial charge on any atom is 0.120 e. The van der Waals surface area contributed by atoms with Crippen molar-refractivity contribution in [1.82, 2.24) is 0 Å². The van der Waals surface area contributed by atoms with E-state index in [-0.39, 0.29) is 10.8 Å². The summed E-state index contributed by atoms with van der Waals surface area (Å²) in [7, 11) is 0. The SMILES string of the molecule is CC1(C)C[C@@]2(C)C(CC[C@@H]2OCc2ccccc2)C2CCc3cc(OCc4ccccc4)ccc3C21. The van der Waals surface area contributed by atoms with Gasteiger partial charge in [-0.1, -0.05) is 87.5 Å². The Morgan fingerprint density at radius 2 is 1.47 bits per heavy atom. The molecule has 36 heavy (non-hydrogen) atoms. The Labute approximate surface area is 217 Å². The number of hydrogen-bond acceptors (Lipinski definition) is 2. The smallest absolute Gasteiger partial charge is 0.120 e. The molecule has 0 aliphatic heterocycles. The highest BCUT2D eigenvalue weighted by Gasteiger charge is 2.60. The van der Waals surface area contributed by atoms with Gasteiger partial charge >= 0.3 is 0 Å². The molecule has 0 bridgehead atoms. The number of aryl methyl sites for hydroxylation is 1. The van der Waals surface area contributed by atoms with E-state index in [1.807, 2.05) is 0 Å². The van der Waals surface area contributed by atoms with Gasteiger partial charge in [0.15, 0.2) is 0 Å². The summed E-state index contributed by atoms with van der Waals surface area (Å²) in [5.74, 6) is 3.12. The summed E-state index contributed by atoms with van der Waals surface area (Å²) in [5, 5.41) is 0. The second-order valence-electron chi connectivity index (χ2n) is 12.5. The lowest BCUT2D eigenvalue weighted by Gasteiger charge is -2.58. The summed E-state index contributed by atoms with van der Waals surface area (Å²) in [6, 6.07) is 28.1. The van der Waals surface area contributed by atoms with Crippen LogP contribution in [0.5, 0.6) is 5.75 Å². The van der Waals surface area contributed by atoms with Crippen LogP contribution in [0, 0.1) is 22.7 Å². The fraction of sp³-hybridized carbons (Fsp3) is 0.471. The second kappa shape index (κ2) is 9.38. The molecule has 3 unspecified atom stereocenters. The van der Waals surface area contributed by atoms with Crippen molar-refractivity contribution in [2.75, 3.05) is 0 Å². The fourth-order valence-corrected chi connectivity index (χ4v) is 8.40. The van der Waals surface area contributed by atoms with E-state index >= 15 is 0 Å². The van der Waals surface area contributed by atoms with Crippen molar-refractivity contribution < 1.29 is 9.47 Å². The first-order valence-corrected chi connectivity index (χ1v) is 13.9. The van der Waals surface area contributed by atoms with Crippen molar-refractivity contribution >= 4 is 0 Å². The molecule has 2 fully saturated rings. The molecule has 3 aromatic carbocycles. The van der Waals surface area contributed by atoms with Gasteiger partial charge in [0.1, 0.15) is 12.4 Å².